The van der Waals surface area contributed by atoms with Crippen LogP contribution in [0.15, 0.2) is 6.20 Å². The molecule has 0 aliphatic heterocycles. The zero-order valence-electron chi connectivity index (χ0n) is 10.2. The van der Waals surface area contributed by atoms with Crippen molar-refractivity contribution in [1.29, 1.82) is 0 Å². The molecule has 2 aromatic heterocycles. The van der Waals surface area contributed by atoms with Crippen molar-refractivity contribution < 1.29 is 0 Å². The summed E-state index contributed by atoms with van der Waals surface area (Å²) in [4.78, 5) is 4.19. The summed E-state index contributed by atoms with van der Waals surface area (Å²) in [6, 6.07) is 0. The van der Waals surface area contributed by atoms with Crippen LogP contribution in [0.3, 0.4) is 0 Å². The van der Waals surface area contributed by atoms with Crippen molar-refractivity contribution in [3.05, 3.63) is 28.8 Å². The number of nitrogens with two attached hydrogens (primary N) is 1. The highest BCUT2D eigenvalue weighted by atomic mass is 15.3. The number of rotatable bonds is 2. The number of aryl methyl sites for hydroxylation is 3. The summed E-state index contributed by atoms with van der Waals surface area (Å²) in [5.74, 6) is 0.556. The van der Waals surface area contributed by atoms with E-state index in [0.717, 1.165) is 17.9 Å². The highest BCUT2D eigenvalue weighted by Gasteiger charge is 2.11. The molecule has 2 N–H and O–H groups in total. The minimum Gasteiger partial charge on any atom is -0.369 e. The lowest BCUT2D eigenvalue weighted by Gasteiger charge is -2.05. The molecule has 0 unspecified atom stereocenters. The number of nitrogen functional groups attached to an aromatic ring is 1. The van der Waals surface area contributed by atoms with E-state index in [1.165, 1.54) is 11.3 Å². The number of hydrogen-bond acceptors (Lipinski definition) is 3. The van der Waals surface area contributed by atoms with E-state index in [0.29, 0.717) is 5.95 Å². The minimum atomic E-state index is 0.556. The molecule has 16 heavy (non-hydrogen) atoms. The van der Waals surface area contributed by atoms with Gasteiger partial charge in [-0.25, -0.2) is 4.98 Å². The summed E-state index contributed by atoms with van der Waals surface area (Å²) in [6.45, 7) is 6.76. The second-order valence-electron chi connectivity index (χ2n) is 4.14. The van der Waals surface area contributed by atoms with Gasteiger partial charge >= 0.3 is 0 Å². The SMILES string of the molecule is Cc1cn(Cc2c(C)nn(C)c2C)c(N)n1. The van der Waals surface area contributed by atoms with E-state index in [4.69, 9.17) is 5.73 Å². The molecule has 2 aromatic rings. The molecule has 2 heterocycles. The van der Waals surface area contributed by atoms with Gasteiger partial charge in [-0.05, 0) is 20.8 Å². The normalized spacial score (nSPS) is 11.0. The van der Waals surface area contributed by atoms with Gasteiger partial charge in [-0.2, -0.15) is 5.10 Å². The molecule has 0 spiro atoms. The summed E-state index contributed by atoms with van der Waals surface area (Å²) < 4.78 is 3.84. The summed E-state index contributed by atoms with van der Waals surface area (Å²) >= 11 is 0. The Bertz CT molecular complexity index is 521. The molecular formula is C11H17N5. The molecule has 0 aromatic carbocycles. The molecular weight excluding hydrogens is 202 g/mol. The number of nitrogens with zero attached hydrogens (tertiary/aromatic N) is 4. The van der Waals surface area contributed by atoms with E-state index >= 15 is 0 Å². The van der Waals surface area contributed by atoms with Crippen molar-refractivity contribution in [2.45, 2.75) is 27.3 Å². The van der Waals surface area contributed by atoms with E-state index < -0.39 is 0 Å². The average molecular weight is 219 g/mol. The molecule has 5 nitrogen and oxygen atoms in total. The van der Waals surface area contributed by atoms with Crippen LogP contribution in [0, 0.1) is 20.8 Å². The van der Waals surface area contributed by atoms with Gasteiger partial charge in [-0.15, -0.1) is 0 Å². The van der Waals surface area contributed by atoms with Gasteiger partial charge in [0, 0.05) is 24.5 Å². The predicted octanol–water partition coefficient (Wildman–Crippen LogP) is 1.17. The zero-order valence-corrected chi connectivity index (χ0v) is 10.2. The summed E-state index contributed by atoms with van der Waals surface area (Å²) in [5.41, 5.74) is 10.2. The quantitative estimate of drug-likeness (QED) is 0.824. The molecule has 0 aliphatic carbocycles. The third-order valence-electron chi connectivity index (χ3n) is 2.92. The zero-order chi connectivity index (χ0) is 11.9. The van der Waals surface area contributed by atoms with Crippen LogP contribution >= 0.6 is 0 Å². The Morgan fingerprint density at radius 2 is 2.00 bits per heavy atom. The number of aromatic nitrogens is 4. The molecule has 86 valence electrons. The van der Waals surface area contributed by atoms with Gasteiger partial charge in [0.1, 0.15) is 0 Å². The van der Waals surface area contributed by atoms with Gasteiger partial charge in [-0.1, -0.05) is 0 Å². The van der Waals surface area contributed by atoms with Gasteiger partial charge in [0.25, 0.3) is 0 Å². The third kappa shape index (κ3) is 1.68. The summed E-state index contributed by atoms with van der Waals surface area (Å²) in [7, 11) is 1.95. The second kappa shape index (κ2) is 3.66. The lowest BCUT2D eigenvalue weighted by molar-refractivity contribution is 0.727. The smallest absolute Gasteiger partial charge is 0.200 e. The Morgan fingerprint density at radius 1 is 1.31 bits per heavy atom. The first-order valence-corrected chi connectivity index (χ1v) is 5.27. The maximum absolute atomic E-state index is 5.82. The van der Waals surface area contributed by atoms with E-state index in [1.807, 2.05) is 36.3 Å². The van der Waals surface area contributed by atoms with Gasteiger partial charge in [0.05, 0.1) is 17.9 Å². The average Bonchev–Trinajstić information content (AvgIpc) is 2.62. The van der Waals surface area contributed by atoms with Crippen molar-refractivity contribution in [1.82, 2.24) is 19.3 Å². The van der Waals surface area contributed by atoms with E-state index in [9.17, 15) is 0 Å². The molecule has 0 aliphatic rings. The van der Waals surface area contributed by atoms with Gasteiger partial charge in [0.2, 0.25) is 5.95 Å². The van der Waals surface area contributed by atoms with Crippen LogP contribution in [0.4, 0.5) is 5.95 Å². The van der Waals surface area contributed by atoms with Crippen molar-refractivity contribution in [2.24, 2.45) is 7.05 Å². The number of anilines is 1. The second-order valence-corrected chi connectivity index (χ2v) is 4.14. The van der Waals surface area contributed by atoms with Crippen LogP contribution in [0.1, 0.15) is 22.6 Å². The lowest BCUT2D eigenvalue weighted by Crippen LogP contribution is -2.05. The molecule has 5 heteroatoms. The fraction of sp³-hybridized carbons (Fsp3) is 0.455. The maximum Gasteiger partial charge on any atom is 0.200 e. The largest absolute Gasteiger partial charge is 0.369 e. The Labute approximate surface area is 94.9 Å². The van der Waals surface area contributed by atoms with Crippen molar-refractivity contribution in [2.75, 3.05) is 5.73 Å². The van der Waals surface area contributed by atoms with Crippen LogP contribution in [0.25, 0.3) is 0 Å². The Morgan fingerprint density at radius 3 is 2.44 bits per heavy atom. The van der Waals surface area contributed by atoms with Gasteiger partial charge < -0.3 is 10.3 Å². The number of hydrogen-bond donors (Lipinski definition) is 1. The first-order chi connectivity index (χ1) is 7.49. The fourth-order valence-electron chi connectivity index (χ4n) is 1.91. The van der Waals surface area contributed by atoms with Crippen molar-refractivity contribution >= 4 is 5.95 Å². The standard InChI is InChI=1S/C11H17N5/c1-7-5-16(11(12)13-7)6-10-8(2)14-15(4)9(10)3/h5H,6H2,1-4H3,(H2,12,13). The Balaban J connectivity index is 2.37. The minimum absolute atomic E-state index is 0.556. The molecule has 0 saturated carbocycles. The molecule has 0 bridgehead atoms. The maximum atomic E-state index is 5.82. The molecule has 0 amide bonds. The van der Waals surface area contributed by atoms with E-state index in [-0.39, 0.29) is 0 Å². The van der Waals surface area contributed by atoms with Crippen LogP contribution < -0.4 is 5.73 Å². The van der Waals surface area contributed by atoms with Crippen molar-refractivity contribution in [3.63, 3.8) is 0 Å². The monoisotopic (exact) mass is 219 g/mol. The summed E-state index contributed by atoms with van der Waals surface area (Å²) in [5, 5.41) is 4.39. The van der Waals surface area contributed by atoms with Crippen LogP contribution in [-0.4, -0.2) is 19.3 Å². The highest BCUT2D eigenvalue weighted by Crippen LogP contribution is 2.15. The topological polar surface area (TPSA) is 61.7 Å². The first kappa shape index (κ1) is 10.7. The van der Waals surface area contributed by atoms with E-state index in [2.05, 4.69) is 17.0 Å². The Hall–Kier alpha value is -1.78. The predicted molar refractivity (Wildman–Crippen MR) is 63.2 cm³/mol. The molecule has 0 atom stereocenters. The van der Waals surface area contributed by atoms with Crippen LogP contribution in [0.5, 0.6) is 0 Å². The lowest BCUT2D eigenvalue weighted by atomic mass is 10.2. The van der Waals surface area contributed by atoms with Gasteiger partial charge in [-0.3, -0.25) is 4.68 Å². The van der Waals surface area contributed by atoms with Crippen LogP contribution in [-0.2, 0) is 13.6 Å². The third-order valence-corrected chi connectivity index (χ3v) is 2.92. The first-order valence-electron chi connectivity index (χ1n) is 5.27. The molecule has 0 radical (unpaired) electrons. The van der Waals surface area contributed by atoms with Crippen molar-refractivity contribution in [3.8, 4) is 0 Å². The Kier molecular flexibility index (Phi) is 2.46. The molecule has 0 fully saturated rings. The number of imidazole rings is 1. The van der Waals surface area contributed by atoms with Crippen LogP contribution in [0.2, 0.25) is 0 Å². The molecule has 2 rings (SSSR count). The summed E-state index contributed by atoms with van der Waals surface area (Å²) in [6.07, 6.45) is 1.96. The van der Waals surface area contributed by atoms with E-state index in [1.54, 1.807) is 0 Å². The van der Waals surface area contributed by atoms with Gasteiger partial charge in [0.15, 0.2) is 0 Å². The fourth-order valence-corrected chi connectivity index (χ4v) is 1.91. The highest BCUT2D eigenvalue weighted by molar-refractivity contribution is 5.29. The molecule has 0 saturated heterocycles.